The monoisotopic (exact) mass is 437 g/mol. The van der Waals surface area contributed by atoms with Gasteiger partial charge in [-0.05, 0) is 32.1 Å². The van der Waals surface area contributed by atoms with Gasteiger partial charge in [-0.25, -0.2) is 8.42 Å². The molecule has 29 heavy (non-hydrogen) atoms. The molecule has 0 saturated heterocycles. The van der Waals surface area contributed by atoms with Gasteiger partial charge in [0.25, 0.3) is 0 Å². The maximum atomic E-state index is 9.22. The van der Waals surface area contributed by atoms with Crippen molar-refractivity contribution in [2.75, 3.05) is 33.3 Å². The SMILES string of the molecule is CCCCCCCCCC[N+](CCCC)(CCCC)CCCC.COS(=O)(=O)[O-]. The number of unbranched alkanes of at least 4 members (excludes halogenated alkanes) is 10. The van der Waals surface area contributed by atoms with E-state index in [2.05, 4.69) is 31.9 Å². The van der Waals surface area contributed by atoms with Crippen LogP contribution in [0.1, 0.15) is 118 Å². The standard InChI is InChI=1S/C22H48N.CH4O4S/c1-5-9-13-14-15-16-17-18-22-23(19-10-6-2,20-11-7-3)21-12-8-4;1-5-6(2,3)4/h5-22H2,1-4H3;1H3,(H,2,3,4)/q+1;/p-1. The van der Waals surface area contributed by atoms with E-state index in [1.54, 1.807) is 0 Å². The van der Waals surface area contributed by atoms with Crippen LogP contribution in [0.4, 0.5) is 0 Å². The van der Waals surface area contributed by atoms with Crippen LogP contribution in [-0.2, 0) is 14.6 Å². The maximum absolute atomic E-state index is 9.22. The third-order valence-electron chi connectivity index (χ3n) is 5.65. The van der Waals surface area contributed by atoms with Gasteiger partial charge < -0.3 is 9.04 Å². The molecule has 0 heterocycles. The zero-order chi connectivity index (χ0) is 22.4. The van der Waals surface area contributed by atoms with E-state index in [1.165, 1.54) is 121 Å². The van der Waals surface area contributed by atoms with Crippen molar-refractivity contribution in [1.82, 2.24) is 0 Å². The molecule has 0 radical (unpaired) electrons. The van der Waals surface area contributed by atoms with Crippen molar-refractivity contribution in [2.45, 2.75) is 118 Å². The highest BCUT2D eigenvalue weighted by Crippen LogP contribution is 2.18. The van der Waals surface area contributed by atoms with Gasteiger partial charge in [-0.3, -0.25) is 4.18 Å². The molecule has 0 aliphatic heterocycles. The summed E-state index contributed by atoms with van der Waals surface area (Å²) in [5, 5.41) is 0. The number of nitrogens with zero attached hydrogens (tertiary/aromatic N) is 1. The van der Waals surface area contributed by atoms with Crippen LogP contribution in [0.2, 0.25) is 0 Å². The fourth-order valence-corrected chi connectivity index (χ4v) is 3.73. The van der Waals surface area contributed by atoms with Crippen LogP contribution in [0.5, 0.6) is 0 Å². The van der Waals surface area contributed by atoms with E-state index in [0.717, 1.165) is 7.11 Å². The van der Waals surface area contributed by atoms with Gasteiger partial charge in [-0.2, -0.15) is 0 Å². The number of rotatable bonds is 19. The highest BCUT2D eigenvalue weighted by atomic mass is 32.3. The summed E-state index contributed by atoms with van der Waals surface area (Å²) in [5.74, 6) is 0. The van der Waals surface area contributed by atoms with E-state index in [0.29, 0.717) is 0 Å². The Hall–Kier alpha value is -0.170. The Bertz CT molecular complexity index is 405. The molecule has 0 aromatic carbocycles. The van der Waals surface area contributed by atoms with Gasteiger partial charge in [0, 0.05) is 0 Å². The first kappa shape index (κ1) is 31.0. The lowest BCUT2D eigenvalue weighted by molar-refractivity contribution is -0.929. The largest absolute Gasteiger partial charge is 0.726 e. The van der Waals surface area contributed by atoms with Crippen LogP contribution < -0.4 is 0 Å². The molecule has 0 fully saturated rings. The van der Waals surface area contributed by atoms with Crippen molar-refractivity contribution in [2.24, 2.45) is 0 Å². The molecular weight excluding hydrogens is 386 g/mol. The Morgan fingerprint density at radius 2 is 0.862 bits per heavy atom. The van der Waals surface area contributed by atoms with Crippen LogP contribution >= 0.6 is 0 Å². The molecule has 0 aliphatic carbocycles. The van der Waals surface area contributed by atoms with Crippen LogP contribution in [0, 0.1) is 0 Å². The molecule has 6 heteroatoms. The van der Waals surface area contributed by atoms with Gasteiger partial charge in [0.05, 0.1) is 33.3 Å². The van der Waals surface area contributed by atoms with Crippen molar-refractivity contribution < 1.29 is 21.6 Å². The minimum Gasteiger partial charge on any atom is -0.726 e. The average Bonchev–Trinajstić information content (AvgIpc) is 2.70. The summed E-state index contributed by atoms with van der Waals surface area (Å²) in [7, 11) is -3.60. The van der Waals surface area contributed by atoms with Crippen LogP contribution in [0.3, 0.4) is 0 Å². The van der Waals surface area contributed by atoms with E-state index >= 15 is 0 Å². The molecule has 0 bridgehead atoms. The predicted molar refractivity (Wildman–Crippen MR) is 124 cm³/mol. The first-order valence-corrected chi connectivity index (χ1v) is 13.5. The second-order valence-electron chi connectivity index (χ2n) is 8.35. The van der Waals surface area contributed by atoms with Crippen molar-refractivity contribution in [3.8, 4) is 0 Å². The number of quaternary nitrogens is 1. The van der Waals surface area contributed by atoms with Gasteiger partial charge >= 0.3 is 0 Å². The summed E-state index contributed by atoms with van der Waals surface area (Å²) in [6.07, 6.45) is 19.9. The zero-order valence-corrected chi connectivity index (χ0v) is 21.0. The minimum atomic E-state index is -4.41. The lowest BCUT2D eigenvalue weighted by Gasteiger charge is -2.39. The van der Waals surface area contributed by atoms with Gasteiger partial charge in [-0.15, -0.1) is 0 Å². The Kier molecular flexibility index (Phi) is 22.5. The van der Waals surface area contributed by atoms with Crippen molar-refractivity contribution in [3.05, 3.63) is 0 Å². The third-order valence-corrected chi connectivity index (χ3v) is 6.06. The zero-order valence-electron chi connectivity index (χ0n) is 20.2. The van der Waals surface area contributed by atoms with Crippen LogP contribution in [-0.4, -0.2) is 50.7 Å². The molecule has 5 nitrogen and oxygen atoms in total. The molecule has 0 amide bonds. The third kappa shape index (κ3) is 22.3. The van der Waals surface area contributed by atoms with Crippen LogP contribution in [0.15, 0.2) is 0 Å². The Morgan fingerprint density at radius 1 is 0.586 bits per heavy atom. The maximum Gasteiger partial charge on any atom is 0.217 e. The van der Waals surface area contributed by atoms with E-state index in [1.807, 2.05) is 0 Å². The normalized spacial score (nSPS) is 11.9. The lowest BCUT2D eigenvalue weighted by atomic mass is 10.1. The van der Waals surface area contributed by atoms with Gasteiger partial charge in [0.15, 0.2) is 0 Å². The first-order chi connectivity index (χ1) is 13.8. The van der Waals surface area contributed by atoms with Gasteiger partial charge in [-0.1, -0.05) is 85.5 Å². The molecule has 0 N–H and O–H groups in total. The van der Waals surface area contributed by atoms with E-state index in [4.69, 9.17) is 0 Å². The summed E-state index contributed by atoms with van der Waals surface area (Å²) in [4.78, 5) is 0. The van der Waals surface area contributed by atoms with E-state index in [-0.39, 0.29) is 0 Å². The quantitative estimate of drug-likeness (QED) is 0.101. The summed E-state index contributed by atoms with van der Waals surface area (Å²) in [5.41, 5.74) is 0. The Balaban J connectivity index is 0. The molecule has 0 aliphatic rings. The molecule has 0 rings (SSSR count). The first-order valence-electron chi connectivity index (χ1n) is 12.2. The van der Waals surface area contributed by atoms with Crippen LogP contribution in [0.25, 0.3) is 0 Å². The summed E-state index contributed by atoms with van der Waals surface area (Å²) < 4.78 is 32.5. The molecule has 0 aromatic rings. The average molecular weight is 438 g/mol. The van der Waals surface area contributed by atoms with Crippen molar-refractivity contribution in [3.63, 3.8) is 0 Å². The minimum absolute atomic E-state index is 0.808. The second-order valence-corrected chi connectivity index (χ2v) is 9.50. The summed E-state index contributed by atoms with van der Waals surface area (Å²) in [6, 6.07) is 0. The van der Waals surface area contributed by atoms with Gasteiger partial charge in [0.1, 0.15) is 0 Å². The smallest absolute Gasteiger partial charge is 0.217 e. The predicted octanol–water partition coefficient (Wildman–Crippen LogP) is 6.44. The molecule has 0 unspecified atom stereocenters. The lowest BCUT2D eigenvalue weighted by Crippen LogP contribution is -2.50. The number of hydrogen-bond acceptors (Lipinski definition) is 4. The highest BCUT2D eigenvalue weighted by molar-refractivity contribution is 7.80. The summed E-state index contributed by atoms with van der Waals surface area (Å²) >= 11 is 0. The fraction of sp³-hybridized carbons (Fsp3) is 1.00. The van der Waals surface area contributed by atoms with Crippen molar-refractivity contribution >= 4 is 10.4 Å². The fourth-order valence-electron chi connectivity index (χ4n) is 3.73. The van der Waals surface area contributed by atoms with Crippen molar-refractivity contribution in [1.29, 1.82) is 0 Å². The van der Waals surface area contributed by atoms with E-state index in [9.17, 15) is 13.0 Å². The Morgan fingerprint density at radius 3 is 1.17 bits per heavy atom. The molecule has 0 aromatic heterocycles. The molecule has 178 valence electrons. The molecule has 0 spiro atoms. The molecule has 0 saturated carbocycles. The topological polar surface area (TPSA) is 66.4 Å². The molecular formula is C23H51NO4S. The summed E-state index contributed by atoms with van der Waals surface area (Å²) in [6.45, 7) is 15.1. The number of hydrogen-bond donors (Lipinski definition) is 0. The highest BCUT2D eigenvalue weighted by Gasteiger charge is 2.24. The second kappa shape index (κ2) is 21.1. The van der Waals surface area contributed by atoms with Gasteiger partial charge in [0.2, 0.25) is 10.4 Å². The van der Waals surface area contributed by atoms with E-state index < -0.39 is 10.4 Å². The Labute approximate surface area is 183 Å². The molecule has 0 atom stereocenters.